The van der Waals surface area contributed by atoms with E-state index in [4.69, 9.17) is 0 Å². The first-order chi connectivity index (χ1) is 40.1. The van der Waals surface area contributed by atoms with Crippen molar-refractivity contribution in [3.8, 4) is 0 Å². The molecule has 4 aromatic heterocycles. The van der Waals surface area contributed by atoms with Crippen LogP contribution in [0.2, 0.25) is 0 Å². The summed E-state index contributed by atoms with van der Waals surface area (Å²) in [5, 5.41) is 19.3. The molecular formula is C58H64F10N12O4. The first kappa shape index (κ1) is 59.6. The Hall–Kier alpha value is -7.54. The van der Waals surface area contributed by atoms with Gasteiger partial charge in [0, 0.05) is 91.9 Å². The lowest BCUT2D eigenvalue weighted by molar-refractivity contribution is -0.129. The van der Waals surface area contributed by atoms with Gasteiger partial charge < -0.3 is 29.6 Å². The van der Waals surface area contributed by atoms with E-state index in [2.05, 4.69) is 41.0 Å². The summed E-state index contributed by atoms with van der Waals surface area (Å²) in [6.45, 7) is 3.55. The molecule has 2 aromatic carbocycles. The van der Waals surface area contributed by atoms with E-state index in [0.717, 1.165) is 61.6 Å². The summed E-state index contributed by atoms with van der Waals surface area (Å²) in [6.07, 6.45) is -1.96. The number of nitrogens with one attached hydrogen (secondary N) is 4. The van der Waals surface area contributed by atoms with Crippen molar-refractivity contribution in [2.45, 2.75) is 164 Å². The number of fused-ring (bicyclic) bond motifs is 2. The maximum absolute atomic E-state index is 14.7. The van der Waals surface area contributed by atoms with Crippen molar-refractivity contribution >= 4 is 12.1 Å². The third kappa shape index (κ3) is 13.8. The molecule has 4 N–H and O–H groups in total. The number of aromatic nitrogens is 8. The molecular weight excluding hydrogens is 1120 g/mol. The summed E-state index contributed by atoms with van der Waals surface area (Å²) < 4.78 is 140. The first-order valence-electron chi connectivity index (χ1n) is 28.5. The molecule has 8 heterocycles. The van der Waals surface area contributed by atoms with Crippen LogP contribution in [0.1, 0.15) is 176 Å². The molecule has 5 aliphatic rings. The van der Waals surface area contributed by atoms with E-state index in [0.29, 0.717) is 81.7 Å². The standard InChI is InChI=1S/C29H31F5N6O2.C29H33F5N6O2/c30-22-3-1-2-20(25(22)31)18-6-7-23(26-35-14-19(40(26)15-18)13-29(32,33)34)36-28(42)39-10-8-16(9-11-39)21-12-24(17-4-5-17)37-38-27(21)41;1-2-4-19-13-22(27(41)38-37-19)17-9-11-39(12-10-17)28(42)36-24-8-7-18(21-5-3-6-23(30)25(21)31)16-40-20(14-29(32,33)34)15-35-26(24)40/h1-3,12,14,16-18,23H,4-11,13,15H2,(H,36,42)(H,38,41);3,5-6,13,15,17-18,24H,2,4,7-12,14,16H2,1H3,(H,36,42)(H,38,41)/t18-,23-;18-,24-/m11/s1. The van der Waals surface area contributed by atoms with Gasteiger partial charge in [-0.3, -0.25) is 9.59 Å². The number of hydrogen-bond donors (Lipinski definition) is 4. The number of likely N-dealkylation sites (tertiary alicyclic amines) is 2. The van der Waals surface area contributed by atoms with Gasteiger partial charge in [-0.25, -0.2) is 47.3 Å². The number of halogens is 10. The lowest BCUT2D eigenvalue weighted by atomic mass is 9.90. The zero-order valence-electron chi connectivity index (χ0n) is 45.9. The minimum Gasteiger partial charge on any atom is -0.329 e. The van der Waals surface area contributed by atoms with Gasteiger partial charge >= 0.3 is 24.4 Å². The number of carbonyl (C=O) groups is 2. The smallest absolute Gasteiger partial charge is 0.329 e. The molecule has 4 amide bonds. The SMILES string of the molecule is CCCc1cc(C2CCN(C(=O)N[C@@H]3CC[C@@H](c4cccc(F)c4F)Cn4c(CC(F)(F)F)cnc43)CC2)c(=O)[nH]n1.O=C(N[C@@H]1CC[C@@H](c2cccc(F)c2F)Cn2c(CC(F)(F)F)cnc21)N1CCC(c2cc(C3CC3)n[nH]c2=O)CC1. The summed E-state index contributed by atoms with van der Waals surface area (Å²) in [7, 11) is 0. The first-order valence-corrected chi connectivity index (χ1v) is 28.5. The van der Waals surface area contributed by atoms with E-state index >= 15 is 0 Å². The van der Waals surface area contributed by atoms with E-state index < -0.39 is 78.4 Å². The molecule has 26 heteroatoms. The predicted molar refractivity (Wildman–Crippen MR) is 286 cm³/mol. The van der Waals surface area contributed by atoms with E-state index in [1.807, 2.05) is 19.1 Å². The largest absolute Gasteiger partial charge is 0.394 e. The highest BCUT2D eigenvalue weighted by Gasteiger charge is 2.39. The van der Waals surface area contributed by atoms with Crippen LogP contribution in [0.5, 0.6) is 0 Å². The number of amides is 4. The van der Waals surface area contributed by atoms with Crippen molar-refractivity contribution < 1.29 is 53.5 Å². The number of nitrogens with zero attached hydrogens (tertiary/aromatic N) is 8. The number of imidazole rings is 2. The number of hydrogen-bond acceptors (Lipinski definition) is 8. The van der Waals surface area contributed by atoms with E-state index in [1.165, 1.54) is 33.4 Å². The molecule has 450 valence electrons. The van der Waals surface area contributed by atoms with Crippen LogP contribution < -0.4 is 21.8 Å². The summed E-state index contributed by atoms with van der Waals surface area (Å²) in [4.78, 5) is 63.3. The molecule has 4 aliphatic heterocycles. The van der Waals surface area contributed by atoms with E-state index in [-0.39, 0.29) is 89.1 Å². The number of aromatic amines is 2. The number of piperidine rings is 2. The van der Waals surface area contributed by atoms with Gasteiger partial charge in [0.15, 0.2) is 23.3 Å². The third-order valence-corrected chi connectivity index (χ3v) is 16.9. The summed E-state index contributed by atoms with van der Waals surface area (Å²) in [5.74, 6) is -4.46. The molecule has 0 radical (unpaired) electrons. The quantitative estimate of drug-likeness (QED) is 0.0921. The minimum atomic E-state index is -4.50. The molecule has 16 nitrogen and oxygen atoms in total. The van der Waals surface area contributed by atoms with Crippen molar-refractivity contribution in [2.24, 2.45) is 0 Å². The molecule has 0 spiro atoms. The lowest BCUT2D eigenvalue weighted by Gasteiger charge is -2.33. The molecule has 0 unspecified atom stereocenters. The zero-order chi connectivity index (χ0) is 59.6. The highest BCUT2D eigenvalue weighted by Crippen LogP contribution is 2.41. The monoisotopic (exact) mass is 1180 g/mol. The highest BCUT2D eigenvalue weighted by atomic mass is 19.4. The van der Waals surface area contributed by atoms with Crippen molar-refractivity contribution in [1.29, 1.82) is 0 Å². The number of alkyl halides is 6. The van der Waals surface area contributed by atoms with Crippen molar-refractivity contribution in [1.82, 2.24) is 59.9 Å². The Bertz CT molecular complexity index is 3450. The second-order valence-electron chi connectivity index (χ2n) is 22.6. The Kier molecular flexibility index (Phi) is 17.7. The van der Waals surface area contributed by atoms with Gasteiger partial charge in [0.1, 0.15) is 11.6 Å². The fourth-order valence-electron chi connectivity index (χ4n) is 12.3. The summed E-state index contributed by atoms with van der Waals surface area (Å²) in [6, 6.07) is 9.12. The maximum Gasteiger partial charge on any atom is 0.394 e. The van der Waals surface area contributed by atoms with Crippen LogP contribution >= 0.6 is 0 Å². The second-order valence-corrected chi connectivity index (χ2v) is 22.6. The molecule has 1 saturated carbocycles. The van der Waals surface area contributed by atoms with Gasteiger partial charge in [0.25, 0.3) is 11.1 Å². The van der Waals surface area contributed by atoms with Crippen LogP contribution in [-0.4, -0.2) is 99.9 Å². The molecule has 3 fully saturated rings. The third-order valence-electron chi connectivity index (χ3n) is 16.9. The molecule has 4 atom stereocenters. The number of carbonyl (C=O) groups excluding carboxylic acids is 2. The molecule has 11 rings (SSSR count). The van der Waals surface area contributed by atoms with Crippen LogP contribution in [0.25, 0.3) is 0 Å². The van der Waals surface area contributed by atoms with Crippen LogP contribution in [0.4, 0.5) is 53.5 Å². The number of rotatable bonds is 11. The lowest BCUT2D eigenvalue weighted by Crippen LogP contribution is -2.46. The van der Waals surface area contributed by atoms with Crippen LogP contribution in [-0.2, 0) is 32.4 Å². The summed E-state index contributed by atoms with van der Waals surface area (Å²) in [5.41, 5.74) is 2.56. The Morgan fingerprint density at radius 3 is 1.42 bits per heavy atom. The number of H-pyrrole nitrogens is 2. The van der Waals surface area contributed by atoms with Gasteiger partial charge in [-0.05, 0) is 118 Å². The van der Waals surface area contributed by atoms with Crippen LogP contribution in [0.15, 0.2) is 70.5 Å². The molecule has 2 saturated heterocycles. The van der Waals surface area contributed by atoms with Crippen molar-refractivity contribution in [3.05, 3.63) is 162 Å². The summed E-state index contributed by atoms with van der Waals surface area (Å²) >= 11 is 0. The molecule has 0 bridgehead atoms. The molecule has 6 aromatic rings. The molecule has 1 aliphatic carbocycles. The predicted octanol–water partition coefficient (Wildman–Crippen LogP) is 10.9. The Balaban J connectivity index is 0.000000187. The normalized spacial score (nSPS) is 20.7. The minimum absolute atomic E-state index is 0.0121. The van der Waals surface area contributed by atoms with Gasteiger partial charge in [0.05, 0.1) is 36.3 Å². The van der Waals surface area contributed by atoms with Gasteiger partial charge in [-0.2, -0.15) is 36.5 Å². The Morgan fingerprint density at radius 2 is 0.988 bits per heavy atom. The van der Waals surface area contributed by atoms with Crippen molar-refractivity contribution in [2.75, 3.05) is 26.2 Å². The Labute approximate surface area is 475 Å². The fraction of sp³-hybridized carbons (Fsp3) is 0.517. The van der Waals surface area contributed by atoms with Gasteiger partial charge in [-0.1, -0.05) is 37.6 Å². The highest BCUT2D eigenvalue weighted by molar-refractivity contribution is 5.75. The Morgan fingerprint density at radius 1 is 0.560 bits per heavy atom. The topological polar surface area (TPSA) is 192 Å². The number of aryl methyl sites for hydroxylation is 1. The number of urea groups is 2. The average Bonchev–Trinajstić information content (AvgIpc) is 3.40. The second kappa shape index (κ2) is 25.0. The zero-order valence-corrected chi connectivity index (χ0v) is 45.9. The average molecular weight is 1180 g/mol. The van der Waals surface area contributed by atoms with E-state index in [1.54, 1.807) is 9.80 Å². The van der Waals surface area contributed by atoms with E-state index in [9.17, 15) is 63.1 Å². The maximum atomic E-state index is 14.7. The van der Waals surface area contributed by atoms with Crippen molar-refractivity contribution in [3.63, 3.8) is 0 Å². The van der Waals surface area contributed by atoms with Gasteiger partial charge in [-0.15, -0.1) is 0 Å². The van der Waals surface area contributed by atoms with Crippen LogP contribution in [0.3, 0.4) is 0 Å². The molecule has 84 heavy (non-hydrogen) atoms. The fourth-order valence-corrected chi connectivity index (χ4v) is 12.3. The number of benzene rings is 2. The van der Waals surface area contributed by atoms with Crippen LogP contribution in [0, 0.1) is 23.3 Å². The van der Waals surface area contributed by atoms with Gasteiger partial charge in [0.2, 0.25) is 0 Å².